The van der Waals surface area contributed by atoms with Gasteiger partial charge in [0.2, 0.25) is 0 Å². The lowest BCUT2D eigenvalue weighted by molar-refractivity contribution is 0.346. The molecule has 1 saturated carbocycles. The predicted octanol–water partition coefficient (Wildman–Crippen LogP) is 12.4. The zero-order chi connectivity index (χ0) is 27.8. The molecule has 2 aromatic rings. The Morgan fingerprint density at radius 2 is 0.949 bits per heavy atom. The molecular formula is C39H62. The second-order valence-electron chi connectivity index (χ2n) is 13.1. The summed E-state index contributed by atoms with van der Waals surface area (Å²) in [4.78, 5) is 0. The molecule has 1 aliphatic rings. The van der Waals surface area contributed by atoms with E-state index in [1.54, 1.807) is 22.3 Å². The molecule has 2 unspecified atom stereocenters. The summed E-state index contributed by atoms with van der Waals surface area (Å²) in [5, 5.41) is 0. The topological polar surface area (TPSA) is 0 Å². The Kier molecular flexibility index (Phi) is 14.7. The summed E-state index contributed by atoms with van der Waals surface area (Å²) in [6, 6.07) is 19.9. The lowest BCUT2D eigenvalue weighted by atomic mass is 9.65. The van der Waals surface area contributed by atoms with Crippen molar-refractivity contribution in [2.45, 2.75) is 162 Å². The molecule has 0 N–H and O–H groups in total. The van der Waals surface area contributed by atoms with Gasteiger partial charge in [-0.1, -0.05) is 166 Å². The first-order valence-electron chi connectivity index (χ1n) is 17.3. The number of hydrogen-bond donors (Lipinski definition) is 0. The van der Waals surface area contributed by atoms with Gasteiger partial charge in [-0.2, -0.15) is 0 Å². The van der Waals surface area contributed by atoms with Crippen molar-refractivity contribution in [1.82, 2.24) is 0 Å². The van der Waals surface area contributed by atoms with Gasteiger partial charge in [0.25, 0.3) is 0 Å². The number of aryl methyl sites for hydroxylation is 2. The van der Waals surface area contributed by atoms with Gasteiger partial charge >= 0.3 is 0 Å². The van der Waals surface area contributed by atoms with E-state index in [0.29, 0.717) is 0 Å². The first-order chi connectivity index (χ1) is 19.1. The highest BCUT2D eigenvalue weighted by Gasteiger charge is 2.35. The maximum absolute atomic E-state index is 2.50. The van der Waals surface area contributed by atoms with Crippen LogP contribution in [0.5, 0.6) is 0 Å². The van der Waals surface area contributed by atoms with Gasteiger partial charge in [-0.05, 0) is 72.6 Å². The molecule has 1 fully saturated rings. The van der Waals surface area contributed by atoms with E-state index in [2.05, 4.69) is 76.2 Å². The van der Waals surface area contributed by atoms with Crippen LogP contribution in [0.4, 0.5) is 0 Å². The molecule has 0 radical (unpaired) electrons. The number of hydrogen-bond acceptors (Lipinski definition) is 0. The third-order valence-electron chi connectivity index (χ3n) is 9.98. The highest BCUT2D eigenvalue weighted by molar-refractivity contribution is 5.42. The van der Waals surface area contributed by atoms with E-state index in [1.807, 2.05) is 0 Å². The molecule has 0 aromatic heterocycles. The van der Waals surface area contributed by atoms with E-state index in [9.17, 15) is 0 Å². The van der Waals surface area contributed by atoms with Crippen LogP contribution < -0.4 is 0 Å². The van der Waals surface area contributed by atoms with Gasteiger partial charge in [0, 0.05) is 5.41 Å². The van der Waals surface area contributed by atoms with Crippen LogP contribution in [-0.4, -0.2) is 0 Å². The van der Waals surface area contributed by atoms with Gasteiger partial charge in [0.05, 0.1) is 0 Å². The molecule has 0 heteroatoms. The fourth-order valence-electron chi connectivity index (χ4n) is 7.48. The maximum atomic E-state index is 2.50. The van der Waals surface area contributed by atoms with Crippen LogP contribution in [-0.2, 0) is 18.3 Å². The number of rotatable bonds is 19. The maximum Gasteiger partial charge on any atom is 0.0202 e. The monoisotopic (exact) mass is 530 g/mol. The Bertz CT molecular complexity index is 867. The third kappa shape index (κ3) is 10.1. The molecule has 0 nitrogen and oxygen atoms in total. The van der Waals surface area contributed by atoms with Crippen LogP contribution >= 0.6 is 0 Å². The number of unbranched alkanes of at least 4 members (excludes halogenated alkanes) is 3. The summed E-state index contributed by atoms with van der Waals surface area (Å²) in [5.74, 6) is 1.82. The Hall–Kier alpha value is -1.56. The molecule has 1 aliphatic carbocycles. The second kappa shape index (κ2) is 18.0. The number of benzene rings is 2. The smallest absolute Gasteiger partial charge is 0.0202 e. The van der Waals surface area contributed by atoms with Crippen molar-refractivity contribution in [3.05, 3.63) is 70.8 Å². The average molecular weight is 531 g/mol. The zero-order valence-corrected chi connectivity index (χ0v) is 26.4. The van der Waals surface area contributed by atoms with Crippen molar-refractivity contribution in [3.8, 4) is 0 Å². The van der Waals surface area contributed by atoms with Gasteiger partial charge in [0.15, 0.2) is 0 Å². The fraction of sp³-hybridized carbons (Fsp3) is 0.692. The quantitative estimate of drug-likeness (QED) is 0.158. The van der Waals surface area contributed by atoms with Crippen LogP contribution in [0.25, 0.3) is 0 Å². The summed E-state index contributed by atoms with van der Waals surface area (Å²) >= 11 is 0. The van der Waals surface area contributed by atoms with Crippen LogP contribution in [0.2, 0.25) is 0 Å². The van der Waals surface area contributed by atoms with E-state index in [-0.39, 0.29) is 5.41 Å². The minimum absolute atomic E-state index is 0.214. The van der Waals surface area contributed by atoms with E-state index < -0.39 is 0 Å². The van der Waals surface area contributed by atoms with E-state index in [0.717, 1.165) is 11.8 Å². The van der Waals surface area contributed by atoms with Crippen molar-refractivity contribution in [3.63, 3.8) is 0 Å². The standard InChI is InChI=1S/C39H62/c1-5-9-12-18-34(16-8-4)20-22-36-25-29-38(30-26-36)39(31-13-11-14-32-39)37-27-23-35(24-28-37)21-19-33(15-7-3)17-10-6-2/h23-30,33-34H,5-22,31-32H2,1-4H3. The molecule has 0 amide bonds. The van der Waals surface area contributed by atoms with Crippen LogP contribution in [0, 0.1) is 11.8 Å². The van der Waals surface area contributed by atoms with Gasteiger partial charge in [-0.25, -0.2) is 0 Å². The fourth-order valence-corrected chi connectivity index (χ4v) is 7.48. The van der Waals surface area contributed by atoms with Crippen LogP contribution in [0.15, 0.2) is 48.5 Å². The van der Waals surface area contributed by atoms with Crippen molar-refractivity contribution in [2.75, 3.05) is 0 Å². The van der Waals surface area contributed by atoms with E-state index in [4.69, 9.17) is 0 Å². The van der Waals surface area contributed by atoms with E-state index >= 15 is 0 Å². The second-order valence-corrected chi connectivity index (χ2v) is 13.1. The van der Waals surface area contributed by atoms with Gasteiger partial charge in [-0.3, -0.25) is 0 Å². The SMILES string of the molecule is CCCCCC(CCC)CCc1ccc(C2(c3ccc(CCC(CCC)CCCC)cc3)CCCCC2)cc1. The molecule has 0 bridgehead atoms. The molecule has 0 spiro atoms. The van der Waals surface area contributed by atoms with Crippen molar-refractivity contribution < 1.29 is 0 Å². The first-order valence-corrected chi connectivity index (χ1v) is 17.3. The minimum Gasteiger partial charge on any atom is -0.0654 e. The molecule has 2 aromatic carbocycles. The Morgan fingerprint density at radius 1 is 0.487 bits per heavy atom. The van der Waals surface area contributed by atoms with Gasteiger partial charge < -0.3 is 0 Å². The molecule has 39 heavy (non-hydrogen) atoms. The molecule has 0 aliphatic heterocycles. The highest BCUT2D eigenvalue weighted by atomic mass is 14.4. The lowest BCUT2D eigenvalue weighted by Gasteiger charge is -2.39. The normalized spacial score (nSPS) is 16.7. The van der Waals surface area contributed by atoms with Crippen LogP contribution in [0.1, 0.15) is 166 Å². The molecule has 3 rings (SSSR count). The Morgan fingerprint density at radius 3 is 1.38 bits per heavy atom. The van der Waals surface area contributed by atoms with Crippen LogP contribution in [0.3, 0.4) is 0 Å². The summed E-state index contributed by atoms with van der Waals surface area (Å²) in [7, 11) is 0. The lowest BCUT2D eigenvalue weighted by Crippen LogP contribution is -2.30. The summed E-state index contributed by atoms with van der Waals surface area (Å²) in [6.07, 6.45) is 27.1. The average Bonchev–Trinajstić information content (AvgIpc) is 2.98. The van der Waals surface area contributed by atoms with Crippen molar-refractivity contribution >= 4 is 0 Å². The molecule has 0 heterocycles. The van der Waals surface area contributed by atoms with Crippen molar-refractivity contribution in [2.24, 2.45) is 11.8 Å². The largest absolute Gasteiger partial charge is 0.0654 e. The zero-order valence-electron chi connectivity index (χ0n) is 26.4. The minimum atomic E-state index is 0.214. The molecular weight excluding hydrogens is 468 g/mol. The summed E-state index contributed by atoms with van der Waals surface area (Å²) in [5.41, 5.74) is 6.43. The summed E-state index contributed by atoms with van der Waals surface area (Å²) < 4.78 is 0. The highest BCUT2D eigenvalue weighted by Crippen LogP contribution is 2.45. The third-order valence-corrected chi connectivity index (χ3v) is 9.98. The van der Waals surface area contributed by atoms with Gasteiger partial charge in [-0.15, -0.1) is 0 Å². The Labute approximate surface area is 243 Å². The van der Waals surface area contributed by atoms with Crippen molar-refractivity contribution in [1.29, 1.82) is 0 Å². The molecule has 218 valence electrons. The Balaban J connectivity index is 1.66. The van der Waals surface area contributed by atoms with Gasteiger partial charge in [0.1, 0.15) is 0 Å². The molecule has 2 atom stereocenters. The first kappa shape index (κ1) is 32.0. The predicted molar refractivity (Wildman–Crippen MR) is 174 cm³/mol. The molecule has 0 saturated heterocycles. The van der Waals surface area contributed by atoms with E-state index in [1.165, 1.54) is 128 Å². The summed E-state index contributed by atoms with van der Waals surface area (Å²) in [6.45, 7) is 9.35.